The molecule has 2 heterocycles. The molecule has 0 radical (unpaired) electrons. The lowest BCUT2D eigenvalue weighted by molar-refractivity contribution is 0.201. The van der Waals surface area contributed by atoms with Crippen molar-refractivity contribution >= 4 is 17.0 Å². The molecule has 1 atom stereocenters. The van der Waals surface area contributed by atoms with Crippen LogP contribution in [0.5, 0.6) is 5.75 Å². The fraction of sp³-hybridized carbons (Fsp3) is 0.357. The molecule has 3 rings (SSSR count). The van der Waals surface area contributed by atoms with Gasteiger partial charge in [0.05, 0.1) is 12.2 Å². The Hall–Kier alpha value is -1.59. The van der Waals surface area contributed by atoms with Gasteiger partial charge >= 0.3 is 0 Å². The van der Waals surface area contributed by atoms with Gasteiger partial charge in [-0.2, -0.15) is 0 Å². The molecule has 5 heteroatoms. The van der Waals surface area contributed by atoms with Crippen molar-refractivity contribution in [1.29, 1.82) is 0 Å². The second-order valence-electron chi connectivity index (χ2n) is 4.61. The Morgan fingerprint density at radius 1 is 1.47 bits per heavy atom. The van der Waals surface area contributed by atoms with Crippen LogP contribution in [0.3, 0.4) is 0 Å². The van der Waals surface area contributed by atoms with Crippen LogP contribution in [-0.2, 0) is 6.54 Å². The van der Waals surface area contributed by atoms with Gasteiger partial charge in [-0.05, 0) is 19.1 Å². The van der Waals surface area contributed by atoms with Crippen LogP contribution >= 0.6 is 11.3 Å². The number of hydrogen-bond acceptors (Lipinski definition) is 5. The Balaban J connectivity index is 1.50. The maximum absolute atomic E-state index is 5.93. The third-order valence-corrected chi connectivity index (χ3v) is 3.93. The zero-order chi connectivity index (χ0) is 13.1. The quantitative estimate of drug-likeness (QED) is 0.899. The monoisotopic (exact) mass is 275 g/mol. The molecule has 0 bridgehead atoms. The Bertz CT molecular complexity index is 555. The Kier molecular flexibility index (Phi) is 3.66. The first-order valence-corrected chi connectivity index (χ1v) is 7.24. The minimum atomic E-state index is 0.163. The van der Waals surface area contributed by atoms with Crippen molar-refractivity contribution in [3.05, 3.63) is 40.3 Å². The SMILES string of the molecule is Cc1cnc(CNCC2CNc3ccccc3O2)s1. The van der Waals surface area contributed by atoms with Crippen LogP contribution in [0.2, 0.25) is 0 Å². The number of hydrogen-bond donors (Lipinski definition) is 2. The van der Waals surface area contributed by atoms with Crippen molar-refractivity contribution in [2.24, 2.45) is 0 Å². The molecule has 19 heavy (non-hydrogen) atoms. The van der Waals surface area contributed by atoms with Gasteiger partial charge in [0.25, 0.3) is 0 Å². The number of anilines is 1. The average molecular weight is 275 g/mol. The van der Waals surface area contributed by atoms with E-state index in [-0.39, 0.29) is 6.10 Å². The molecule has 2 aromatic rings. The van der Waals surface area contributed by atoms with Crippen molar-refractivity contribution in [1.82, 2.24) is 10.3 Å². The molecule has 1 aromatic carbocycles. The van der Waals surface area contributed by atoms with Gasteiger partial charge in [0.15, 0.2) is 0 Å². The fourth-order valence-corrected chi connectivity index (χ4v) is 2.85. The lowest BCUT2D eigenvalue weighted by Gasteiger charge is -2.27. The van der Waals surface area contributed by atoms with E-state index in [2.05, 4.69) is 22.5 Å². The normalized spacial score (nSPS) is 17.4. The molecule has 0 aliphatic carbocycles. The Labute approximate surface area is 116 Å². The van der Waals surface area contributed by atoms with E-state index in [4.69, 9.17) is 4.74 Å². The van der Waals surface area contributed by atoms with Crippen LogP contribution in [0, 0.1) is 6.92 Å². The van der Waals surface area contributed by atoms with Crippen LogP contribution in [0.15, 0.2) is 30.5 Å². The van der Waals surface area contributed by atoms with Crippen LogP contribution in [0.1, 0.15) is 9.88 Å². The maximum Gasteiger partial charge on any atom is 0.142 e. The maximum atomic E-state index is 5.93. The number of nitrogens with one attached hydrogen (secondary N) is 2. The van der Waals surface area contributed by atoms with Crippen molar-refractivity contribution in [2.75, 3.05) is 18.4 Å². The molecule has 0 saturated heterocycles. The molecule has 100 valence electrons. The number of thiazole rings is 1. The zero-order valence-electron chi connectivity index (χ0n) is 10.8. The molecule has 1 aromatic heterocycles. The van der Waals surface area contributed by atoms with Crippen molar-refractivity contribution in [3.8, 4) is 5.75 Å². The predicted octanol–water partition coefficient (Wildman–Crippen LogP) is 2.41. The van der Waals surface area contributed by atoms with Crippen LogP contribution in [0.25, 0.3) is 0 Å². The molecule has 1 aliphatic heterocycles. The minimum Gasteiger partial charge on any atom is -0.485 e. The third kappa shape index (κ3) is 3.05. The van der Waals surface area contributed by atoms with Crippen LogP contribution in [0.4, 0.5) is 5.69 Å². The van der Waals surface area contributed by atoms with E-state index in [1.807, 2.05) is 30.5 Å². The highest BCUT2D eigenvalue weighted by Crippen LogP contribution is 2.27. The first-order valence-electron chi connectivity index (χ1n) is 6.43. The van der Waals surface area contributed by atoms with E-state index >= 15 is 0 Å². The molecule has 1 unspecified atom stereocenters. The first-order chi connectivity index (χ1) is 9.31. The predicted molar refractivity (Wildman–Crippen MR) is 77.9 cm³/mol. The summed E-state index contributed by atoms with van der Waals surface area (Å²) in [5.74, 6) is 0.936. The third-order valence-electron chi connectivity index (χ3n) is 3.02. The summed E-state index contributed by atoms with van der Waals surface area (Å²) in [7, 11) is 0. The standard InChI is InChI=1S/C14H17N3OS/c1-10-6-17-14(19-10)9-15-7-11-8-16-12-4-2-3-5-13(12)18-11/h2-6,11,15-16H,7-9H2,1H3. The highest BCUT2D eigenvalue weighted by molar-refractivity contribution is 7.11. The smallest absolute Gasteiger partial charge is 0.142 e. The van der Waals surface area contributed by atoms with Gasteiger partial charge in [0.1, 0.15) is 16.9 Å². The molecular formula is C14H17N3OS. The summed E-state index contributed by atoms with van der Waals surface area (Å²) in [6, 6.07) is 8.04. The lowest BCUT2D eigenvalue weighted by Crippen LogP contribution is -2.39. The van der Waals surface area contributed by atoms with Crippen molar-refractivity contribution < 1.29 is 4.74 Å². The van der Waals surface area contributed by atoms with E-state index in [1.54, 1.807) is 11.3 Å². The minimum absolute atomic E-state index is 0.163. The number of benzene rings is 1. The molecule has 0 amide bonds. The Morgan fingerprint density at radius 2 is 2.37 bits per heavy atom. The number of ether oxygens (including phenoxy) is 1. The number of nitrogens with zero attached hydrogens (tertiary/aromatic N) is 1. The molecule has 4 nitrogen and oxygen atoms in total. The highest BCUT2D eigenvalue weighted by Gasteiger charge is 2.18. The van der Waals surface area contributed by atoms with Gasteiger partial charge in [-0.15, -0.1) is 11.3 Å². The van der Waals surface area contributed by atoms with E-state index in [0.717, 1.165) is 36.1 Å². The fourth-order valence-electron chi connectivity index (χ4n) is 2.10. The van der Waals surface area contributed by atoms with E-state index < -0.39 is 0 Å². The summed E-state index contributed by atoms with van der Waals surface area (Å²) in [6.45, 7) is 4.53. The van der Waals surface area contributed by atoms with E-state index in [9.17, 15) is 0 Å². The second kappa shape index (κ2) is 5.59. The first kappa shape index (κ1) is 12.4. The summed E-state index contributed by atoms with van der Waals surface area (Å²) < 4.78 is 5.93. The highest BCUT2D eigenvalue weighted by atomic mass is 32.1. The van der Waals surface area contributed by atoms with Gasteiger partial charge in [-0.1, -0.05) is 12.1 Å². The van der Waals surface area contributed by atoms with E-state index in [1.165, 1.54) is 4.88 Å². The van der Waals surface area contributed by atoms with Gasteiger partial charge in [-0.3, -0.25) is 0 Å². The summed E-state index contributed by atoms with van der Waals surface area (Å²) in [4.78, 5) is 5.59. The van der Waals surface area contributed by atoms with E-state index in [0.29, 0.717) is 0 Å². The average Bonchev–Trinajstić information content (AvgIpc) is 2.84. The number of para-hydroxylation sites is 2. The topological polar surface area (TPSA) is 46.2 Å². The summed E-state index contributed by atoms with van der Waals surface area (Å²) in [5, 5.41) is 7.91. The lowest BCUT2D eigenvalue weighted by atomic mass is 10.2. The number of aromatic nitrogens is 1. The number of rotatable bonds is 4. The van der Waals surface area contributed by atoms with Crippen LogP contribution in [-0.4, -0.2) is 24.2 Å². The molecule has 0 fully saturated rings. The number of aryl methyl sites for hydroxylation is 1. The Morgan fingerprint density at radius 3 is 3.21 bits per heavy atom. The number of fused-ring (bicyclic) bond motifs is 1. The zero-order valence-corrected chi connectivity index (χ0v) is 11.7. The molecule has 0 saturated carbocycles. The summed E-state index contributed by atoms with van der Waals surface area (Å²) in [6.07, 6.45) is 2.08. The van der Waals surface area contributed by atoms with Gasteiger partial charge < -0.3 is 15.4 Å². The summed E-state index contributed by atoms with van der Waals surface area (Å²) in [5.41, 5.74) is 1.08. The van der Waals surface area contributed by atoms with Gasteiger partial charge in [0, 0.05) is 24.2 Å². The molecule has 0 spiro atoms. The largest absolute Gasteiger partial charge is 0.485 e. The van der Waals surface area contributed by atoms with Gasteiger partial charge in [-0.25, -0.2) is 4.98 Å². The second-order valence-corrected chi connectivity index (χ2v) is 5.93. The molecule has 2 N–H and O–H groups in total. The molecule has 1 aliphatic rings. The van der Waals surface area contributed by atoms with Gasteiger partial charge in [0.2, 0.25) is 0 Å². The van der Waals surface area contributed by atoms with Crippen molar-refractivity contribution in [3.63, 3.8) is 0 Å². The molecular weight excluding hydrogens is 258 g/mol. The van der Waals surface area contributed by atoms with Crippen molar-refractivity contribution in [2.45, 2.75) is 19.6 Å². The summed E-state index contributed by atoms with van der Waals surface area (Å²) >= 11 is 1.73. The van der Waals surface area contributed by atoms with Crippen LogP contribution < -0.4 is 15.4 Å².